The molecule has 3 N–H and O–H groups in total. The van der Waals surface area contributed by atoms with Crippen LogP contribution in [0.25, 0.3) is 0 Å². The van der Waals surface area contributed by atoms with Gasteiger partial charge in [0.1, 0.15) is 5.82 Å². The first kappa shape index (κ1) is 18.3. The van der Waals surface area contributed by atoms with E-state index in [0.717, 1.165) is 37.8 Å². The molecule has 2 heterocycles. The van der Waals surface area contributed by atoms with Gasteiger partial charge in [-0.25, -0.2) is 9.98 Å². The highest BCUT2D eigenvalue weighted by Gasteiger charge is 2.15. The second-order valence-electron chi connectivity index (χ2n) is 5.91. The van der Waals surface area contributed by atoms with Gasteiger partial charge in [-0.1, -0.05) is 18.9 Å². The molecule has 1 aromatic rings. The van der Waals surface area contributed by atoms with E-state index in [9.17, 15) is 0 Å². The van der Waals surface area contributed by atoms with Crippen LogP contribution in [0.2, 0.25) is 0 Å². The average Bonchev–Trinajstić information content (AvgIpc) is 3.07. The largest absolute Gasteiger partial charge is 0.378 e. The number of nitrogens with two attached hydrogens (primary N) is 1. The number of anilines is 1. The van der Waals surface area contributed by atoms with Crippen LogP contribution < -0.4 is 16.0 Å². The van der Waals surface area contributed by atoms with E-state index in [1.165, 1.54) is 25.7 Å². The monoisotopic (exact) mass is 431 g/mol. The number of hydrogen-bond acceptors (Lipinski definition) is 4. The zero-order chi connectivity index (χ0) is 15.2. The first-order valence-corrected chi connectivity index (χ1v) is 8.16. The molecule has 1 aliphatic carbocycles. The summed E-state index contributed by atoms with van der Waals surface area (Å²) in [6.07, 6.45) is 4.96. The van der Waals surface area contributed by atoms with Crippen LogP contribution in [0.15, 0.2) is 23.2 Å². The van der Waals surface area contributed by atoms with E-state index in [4.69, 9.17) is 10.5 Å². The molecule has 3 rings (SSSR count). The first-order chi connectivity index (χ1) is 10.8. The van der Waals surface area contributed by atoms with Crippen LogP contribution in [0.3, 0.4) is 0 Å². The molecule has 0 unspecified atom stereocenters. The van der Waals surface area contributed by atoms with E-state index in [1.54, 1.807) is 0 Å². The van der Waals surface area contributed by atoms with E-state index in [-0.39, 0.29) is 24.0 Å². The number of aromatic nitrogens is 1. The van der Waals surface area contributed by atoms with Crippen molar-refractivity contribution < 1.29 is 4.74 Å². The number of pyridine rings is 1. The Labute approximate surface area is 154 Å². The lowest BCUT2D eigenvalue weighted by Crippen LogP contribution is -2.38. The highest BCUT2D eigenvalue weighted by atomic mass is 127. The number of rotatable bonds is 4. The molecular formula is C16H26IN5O. The minimum Gasteiger partial charge on any atom is -0.378 e. The molecule has 1 aliphatic heterocycles. The van der Waals surface area contributed by atoms with Crippen molar-refractivity contribution in [2.45, 2.75) is 38.3 Å². The molecule has 7 heteroatoms. The Bertz CT molecular complexity index is 513. The van der Waals surface area contributed by atoms with Crippen molar-refractivity contribution in [3.8, 4) is 0 Å². The fourth-order valence-electron chi connectivity index (χ4n) is 3.01. The van der Waals surface area contributed by atoms with Gasteiger partial charge < -0.3 is 20.7 Å². The Morgan fingerprint density at radius 3 is 2.78 bits per heavy atom. The van der Waals surface area contributed by atoms with Gasteiger partial charge in [0.15, 0.2) is 5.96 Å². The second kappa shape index (κ2) is 9.27. The highest BCUT2D eigenvalue weighted by molar-refractivity contribution is 14.0. The molecule has 23 heavy (non-hydrogen) atoms. The van der Waals surface area contributed by atoms with Crippen LogP contribution in [-0.2, 0) is 11.3 Å². The summed E-state index contributed by atoms with van der Waals surface area (Å²) in [6.45, 7) is 3.84. The molecule has 0 radical (unpaired) electrons. The van der Waals surface area contributed by atoms with Crippen LogP contribution in [0.1, 0.15) is 31.4 Å². The predicted octanol–water partition coefficient (Wildman–Crippen LogP) is 1.88. The lowest BCUT2D eigenvalue weighted by Gasteiger charge is -2.27. The lowest BCUT2D eigenvalue weighted by molar-refractivity contribution is 0.122. The summed E-state index contributed by atoms with van der Waals surface area (Å²) in [5.41, 5.74) is 6.91. The highest BCUT2D eigenvalue weighted by Crippen LogP contribution is 2.17. The molecule has 6 nitrogen and oxygen atoms in total. The van der Waals surface area contributed by atoms with Crippen molar-refractivity contribution in [3.63, 3.8) is 0 Å². The number of morpholine rings is 1. The Morgan fingerprint density at radius 1 is 1.30 bits per heavy atom. The SMILES string of the molecule is I.NC(=NCc1cccc(N2CCOCC2)n1)NC1CCCC1. The van der Waals surface area contributed by atoms with Gasteiger partial charge in [-0.15, -0.1) is 24.0 Å². The van der Waals surface area contributed by atoms with Crippen LogP contribution in [0.5, 0.6) is 0 Å². The number of halogens is 1. The average molecular weight is 431 g/mol. The van der Waals surface area contributed by atoms with Crippen molar-refractivity contribution in [1.82, 2.24) is 10.3 Å². The smallest absolute Gasteiger partial charge is 0.189 e. The van der Waals surface area contributed by atoms with Crippen LogP contribution >= 0.6 is 24.0 Å². The molecule has 0 bridgehead atoms. The fourth-order valence-corrected chi connectivity index (χ4v) is 3.01. The molecule has 1 aromatic heterocycles. The Kier molecular flexibility index (Phi) is 7.35. The fraction of sp³-hybridized carbons (Fsp3) is 0.625. The summed E-state index contributed by atoms with van der Waals surface area (Å²) in [7, 11) is 0. The molecule has 0 spiro atoms. The Balaban J connectivity index is 0.00000192. The van der Waals surface area contributed by atoms with Crippen LogP contribution in [0.4, 0.5) is 5.82 Å². The van der Waals surface area contributed by atoms with Crippen molar-refractivity contribution in [1.29, 1.82) is 0 Å². The maximum Gasteiger partial charge on any atom is 0.189 e. The maximum atomic E-state index is 5.97. The number of hydrogen-bond donors (Lipinski definition) is 2. The van der Waals surface area contributed by atoms with Gasteiger partial charge in [-0.05, 0) is 25.0 Å². The predicted molar refractivity (Wildman–Crippen MR) is 103 cm³/mol. The Hall–Kier alpha value is -1.09. The third-order valence-electron chi connectivity index (χ3n) is 4.25. The van der Waals surface area contributed by atoms with Gasteiger partial charge in [-0.3, -0.25) is 0 Å². The van der Waals surface area contributed by atoms with Crippen molar-refractivity contribution >= 4 is 35.8 Å². The normalized spacial score (nSPS) is 19.5. The number of nitrogens with one attached hydrogen (secondary N) is 1. The van der Waals surface area contributed by atoms with E-state index in [0.29, 0.717) is 18.5 Å². The molecule has 1 saturated carbocycles. The lowest BCUT2D eigenvalue weighted by atomic mass is 10.2. The van der Waals surface area contributed by atoms with Gasteiger partial charge >= 0.3 is 0 Å². The molecule has 1 saturated heterocycles. The standard InChI is InChI=1S/C16H25N5O.HI/c17-16(20-13-4-1-2-5-13)18-12-14-6-3-7-15(19-14)21-8-10-22-11-9-21;/h3,6-7,13H,1-2,4-5,8-12H2,(H3,17,18,20);1H. The van der Waals surface area contributed by atoms with Crippen molar-refractivity contribution in [3.05, 3.63) is 23.9 Å². The van der Waals surface area contributed by atoms with Gasteiger partial charge in [0.25, 0.3) is 0 Å². The molecule has 2 fully saturated rings. The minimum atomic E-state index is 0. The van der Waals surface area contributed by atoms with Gasteiger partial charge in [0.2, 0.25) is 0 Å². The molecule has 0 atom stereocenters. The van der Waals surface area contributed by atoms with Crippen LogP contribution in [-0.4, -0.2) is 43.3 Å². The van der Waals surface area contributed by atoms with Crippen molar-refractivity contribution in [2.24, 2.45) is 10.7 Å². The molecule has 0 amide bonds. The van der Waals surface area contributed by atoms with E-state index in [1.807, 2.05) is 18.2 Å². The molecule has 128 valence electrons. The quantitative estimate of drug-likeness (QED) is 0.433. The zero-order valence-corrected chi connectivity index (χ0v) is 15.7. The summed E-state index contributed by atoms with van der Waals surface area (Å²) in [6, 6.07) is 6.56. The van der Waals surface area contributed by atoms with E-state index >= 15 is 0 Å². The number of nitrogens with zero attached hydrogens (tertiary/aromatic N) is 3. The number of aliphatic imine (C=N–C) groups is 1. The minimum absolute atomic E-state index is 0. The second-order valence-corrected chi connectivity index (χ2v) is 5.91. The number of ether oxygens (including phenoxy) is 1. The van der Waals surface area contributed by atoms with Gasteiger partial charge in [0, 0.05) is 19.1 Å². The van der Waals surface area contributed by atoms with E-state index in [2.05, 4.69) is 20.2 Å². The summed E-state index contributed by atoms with van der Waals surface area (Å²) in [4.78, 5) is 11.3. The zero-order valence-electron chi connectivity index (χ0n) is 13.4. The molecule has 0 aromatic carbocycles. The van der Waals surface area contributed by atoms with Gasteiger partial charge in [0.05, 0.1) is 25.5 Å². The number of guanidine groups is 1. The van der Waals surface area contributed by atoms with Crippen molar-refractivity contribution in [2.75, 3.05) is 31.2 Å². The maximum absolute atomic E-state index is 5.97. The van der Waals surface area contributed by atoms with E-state index < -0.39 is 0 Å². The summed E-state index contributed by atoms with van der Waals surface area (Å²) in [5, 5.41) is 3.30. The molecular weight excluding hydrogens is 405 g/mol. The summed E-state index contributed by atoms with van der Waals surface area (Å²) >= 11 is 0. The molecule has 2 aliphatic rings. The third-order valence-corrected chi connectivity index (χ3v) is 4.25. The summed E-state index contributed by atoms with van der Waals surface area (Å²) in [5.74, 6) is 1.53. The third kappa shape index (κ3) is 5.49. The first-order valence-electron chi connectivity index (χ1n) is 8.16. The van der Waals surface area contributed by atoms with Crippen LogP contribution in [0, 0.1) is 0 Å². The Morgan fingerprint density at radius 2 is 2.04 bits per heavy atom. The topological polar surface area (TPSA) is 75.8 Å². The van der Waals surface area contributed by atoms with Gasteiger partial charge in [-0.2, -0.15) is 0 Å². The summed E-state index contributed by atoms with van der Waals surface area (Å²) < 4.78 is 5.38.